The summed E-state index contributed by atoms with van der Waals surface area (Å²) in [5.74, 6) is 0.161. The lowest BCUT2D eigenvalue weighted by atomic mass is 9.98. The largest absolute Gasteiger partial charge is 0.324 e. The Bertz CT molecular complexity index is 616. The Morgan fingerprint density at radius 1 is 1.33 bits per heavy atom. The summed E-state index contributed by atoms with van der Waals surface area (Å²) in [5.41, 5.74) is 8.65. The molecule has 2 rings (SSSR count). The van der Waals surface area contributed by atoms with Crippen molar-refractivity contribution in [2.45, 2.75) is 46.6 Å². The molecule has 118 valence electrons. The maximum atomic E-state index is 12.7. The highest BCUT2D eigenvalue weighted by Gasteiger charge is 2.31. The summed E-state index contributed by atoms with van der Waals surface area (Å²) in [7, 11) is -3.29. The number of fused-ring (bicyclic) bond motifs is 1. The minimum absolute atomic E-state index is 0.0307. The van der Waals surface area contributed by atoms with Crippen molar-refractivity contribution in [1.29, 1.82) is 0 Å². The molecule has 21 heavy (non-hydrogen) atoms. The first-order valence-corrected chi connectivity index (χ1v) is 9.10. The van der Waals surface area contributed by atoms with Crippen molar-refractivity contribution < 1.29 is 8.42 Å². The molecule has 0 radical (unpaired) electrons. The van der Waals surface area contributed by atoms with Crippen LogP contribution in [0.2, 0.25) is 0 Å². The van der Waals surface area contributed by atoms with Crippen molar-refractivity contribution in [3.05, 3.63) is 29.3 Å². The Labute approximate surface area is 128 Å². The summed E-state index contributed by atoms with van der Waals surface area (Å²) in [6.45, 7) is 8.37. The molecule has 1 aromatic carbocycles. The van der Waals surface area contributed by atoms with Gasteiger partial charge in [-0.25, -0.2) is 8.42 Å². The highest BCUT2D eigenvalue weighted by atomic mass is 32.2. The van der Waals surface area contributed by atoms with Crippen LogP contribution < -0.4 is 10.0 Å². The van der Waals surface area contributed by atoms with E-state index in [9.17, 15) is 8.42 Å². The molecule has 4 nitrogen and oxygen atoms in total. The van der Waals surface area contributed by atoms with E-state index in [-0.39, 0.29) is 17.2 Å². The van der Waals surface area contributed by atoms with Gasteiger partial charge in [0.05, 0.1) is 11.4 Å². The van der Waals surface area contributed by atoms with Crippen LogP contribution in [0.3, 0.4) is 0 Å². The SMILES string of the molecule is CC(N)c1ccc2c(c1)CCCN2S(=O)(=O)CC(C)(C)C. The number of aryl methyl sites for hydroxylation is 1. The van der Waals surface area contributed by atoms with E-state index in [1.165, 1.54) is 0 Å². The molecule has 0 saturated heterocycles. The summed E-state index contributed by atoms with van der Waals surface area (Å²) in [5, 5.41) is 0. The van der Waals surface area contributed by atoms with Gasteiger partial charge < -0.3 is 5.73 Å². The lowest BCUT2D eigenvalue weighted by Crippen LogP contribution is -2.40. The maximum absolute atomic E-state index is 12.7. The monoisotopic (exact) mass is 310 g/mol. The first-order chi connectivity index (χ1) is 9.60. The molecule has 0 amide bonds. The zero-order chi connectivity index (χ0) is 15.8. The highest BCUT2D eigenvalue weighted by Crippen LogP contribution is 2.33. The quantitative estimate of drug-likeness (QED) is 0.933. The number of hydrogen-bond donors (Lipinski definition) is 1. The van der Waals surface area contributed by atoms with Crippen LogP contribution >= 0.6 is 0 Å². The number of nitrogens with two attached hydrogens (primary N) is 1. The normalized spacial score (nSPS) is 17.5. The molecule has 1 heterocycles. The lowest BCUT2D eigenvalue weighted by Gasteiger charge is -2.33. The molecule has 1 aromatic rings. The van der Waals surface area contributed by atoms with E-state index < -0.39 is 10.0 Å². The van der Waals surface area contributed by atoms with Crippen molar-refractivity contribution in [3.63, 3.8) is 0 Å². The highest BCUT2D eigenvalue weighted by molar-refractivity contribution is 7.92. The summed E-state index contributed by atoms with van der Waals surface area (Å²) in [4.78, 5) is 0. The molecule has 0 aliphatic carbocycles. The summed E-state index contributed by atoms with van der Waals surface area (Å²) in [6, 6.07) is 5.87. The molecule has 0 spiro atoms. The maximum Gasteiger partial charge on any atom is 0.235 e. The number of nitrogens with zero attached hydrogens (tertiary/aromatic N) is 1. The molecule has 0 fully saturated rings. The van der Waals surface area contributed by atoms with Crippen molar-refractivity contribution in [3.8, 4) is 0 Å². The smallest absolute Gasteiger partial charge is 0.235 e. The standard InChI is InChI=1S/C16H26N2O2S/c1-12(17)13-7-8-15-14(10-13)6-5-9-18(15)21(19,20)11-16(2,3)4/h7-8,10,12H,5-6,9,11,17H2,1-4H3. The summed E-state index contributed by atoms with van der Waals surface area (Å²) < 4.78 is 27.0. The zero-order valence-electron chi connectivity index (χ0n) is 13.4. The Hall–Kier alpha value is -1.07. The molecule has 0 saturated carbocycles. The molecule has 5 heteroatoms. The van der Waals surface area contributed by atoms with Gasteiger partial charge in [0, 0.05) is 12.6 Å². The van der Waals surface area contributed by atoms with E-state index in [2.05, 4.69) is 6.07 Å². The number of rotatable bonds is 3. The molecular weight excluding hydrogens is 284 g/mol. The molecular formula is C16H26N2O2S. The average Bonchev–Trinajstić information content (AvgIpc) is 2.34. The Morgan fingerprint density at radius 3 is 2.57 bits per heavy atom. The van der Waals surface area contributed by atoms with Crippen LogP contribution in [0.15, 0.2) is 18.2 Å². The molecule has 2 N–H and O–H groups in total. The van der Waals surface area contributed by atoms with E-state index >= 15 is 0 Å². The molecule has 0 bridgehead atoms. The Balaban J connectivity index is 2.39. The van der Waals surface area contributed by atoms with Crippen molar-refractivity contribution in [2.24, 2.45) is 11.1 Å². The first-order valence-electron chi connectivity index (χ1n) is 7.49. The summed E-state index contributed by atoms with van der Waals surface area (Å²) >= 11 is 0. The second-order valence-electron chi connectivity index (χ2n) is 7.17. The zero-order valence-corrected chi connectivity index (χ0v) is 14.2. The van der Waals surface area contributed by atoms with E-state index in [1.54, 1.807) is 4.31 Å². The minimum Gasteiger partial charge on any atom is -0.324 e. The third-order valence-corrected chi connectivity index (χ3v) is 5.94. The van der Waals surface area contributed by atoms with Crippen LogP contribution in [-0.2, 0) is 16.4 Å². The van der Waals surface area contributed by atoms with Crippen molar-refractivity contribution >= 4 is 15.7 Å². The van der Waals surface area contributed by atoms with Gasteiger partial charge in [-0.1, -0.05) is 32.9 Å². The summed E-state index contributed by atoms with van der Waals surface area (Å²) in [6.07, 6.45) is 1.77. The third-order valence-electron chi connectivity index (χ3n) is 3.66. The van der Waals surface area contributed by atoms with Gasteiger partial charge in [0.25, 0.3) is 0 Å². The molecule has 1 unspecified atom stereocenters. The fraction of sp³-hybridized carbons (Fsp3) is 0.625. The van der Waals surface area contributed by atoms with E-state index in [4.69, 9.17) is 5.73 Å². The average molecular weight is 310 g/mol. The van der Waals surface area contributed by atoms with Gasteiger partial charge in [0.1, 0.15) is 0 Å². The number of sulfonamides is 1. The van der Waals surface area contributed by atoms with E-state index in [0.717, 1.165) is 29.7 Å². The molecule has 0 aromatic heterocycles. The molecule has 1 aliphatic rings. The van der Waals surface area contributed by atoms with Gasteiger partial charge >= 0.3 is 0 Å². The van der Waals surface area contributed by atoms with Crippen LogP contribution in [0.5, 0.6) is 0 Å². The fourth-order valence-corrected chi connectivity index (χ4v) is 4.92. The fourth-order valence-electron chi connectivity index (χ4n) is 2.78. The van der Waals surface area contributed by atoms with Crippen LogP contribution in [0, 0.1) is 5.41 Å². The predicted molar refractivity (Wildman–Crippen MR) is 88.0 cm³/mol. The van der Waals surface area contributed by atoms with Crippen molar-refractivity contribution in [2.75, 3.05) is 16.6 Å². The Kier molecular flexibility index (Phi) is 4.36. The molecule has 1 aliphatic heterocycles. The van der Waals surface area contributed by atoms with Crippen LogP contribution in [-0.4, -0.2) is 20.7 Å². The molecule has 1 atom stereocenters. The lowest BCUT2D eigenvalue weighted by molar-refractivity contribution is 0.460. The van der Waals surface area contributed by atoms with Gasteiger partial charge in [0.15, 0.2) is 0 Å². The first kappa shape index (κ1) is 16.3. The number of benzene rings is 1. The second kappa shape index (κ2) is 5.61. The van der Waals surface area contributed by atoms with Gasteiger partial charge in [-0.2, -0.15) is 0 Å². The Morgan fingerprint density at radius 2 is 2.00 bits per heavy atom. The van der Waals surface area contributed by atoms with E-state index in [1.807, 2.05) is 39.8 Å². The number of hydrogen-bond acceptors (Lipinski definition) is 3. The minimum atomic E-state index is -3.29. The third kappa shape index (κ3) is 3.77. The van der Waals surface area contributed by atoms with Gasteiger partial charge in [-0.05, 0) is 42.4 Å². The predicted octanol–water partition coefficient (Wildman–Crippen LogP) is 2.83. The van der Waals surface area contributed by atoms with Crippen LogP contribution in [0.4, 0.5) is 5.69 Å². The van der Waals surface area contributed by atoms with Gasteiger partial charge in [0.2, 0.25) is 10.0 Å². The van der Waals surface area contributed by atoms with Crippen molar-refractivity contribution in [1.82, 2.24) is 0 Å². The van der Waals surface area contributed by atoms with E-state index in [0.29, 0.717) is 6.54 Å². The van der Waals surface area contributed by atoms with Gasteiger partial charge in [-0.15, -0.1) is 0 Å². The topological polar surface area (TPSA) is 63.4 Å². The number of anilines is 1. The van der Waals surface area contributed by atoms with Crippen LogP contribution in [0.1, 0.15) is 51.3 Å². The second-order valence-corrected chi connectivity index (χ2v) is 9.06. The van der Waals surface area contributed by atoms with Gasteiger partial charge in [-0.3, -0.25) is 4.31 Å². The van der Waals surface area contributed by atoms with Crippen LogP contribution in [0.25, 0.3) is 0 Å².